The molecule has 2 aromatic heterocycles. The molecular formula is C18H21N5O9. The molecule has 0 radical (unpaired) electrons. The van der Waals surface area contributed by atoms with E-state index in [0.717, 1.165) is 13.8 Å². The molecule has 3 rings (SSSR count). The van der Waals surface area contributed by atoms with Crippen molar-refractivity contribution in [2.45, 2.75) is 52.2 Å². The standard InChI is InChI=1S/C18H21N5O9/c1-7(24)20-15-12-16(22-18(28)21-15)23(6-19-12)17-14(31-10(4)27)13(30-9(3)26)11(32-17)5-29-8(2)25/h6,11,13-14,17H,5H2,1-4H3,(H2,20,21,22,24,28)/t11-,13-,14-,17-/m1/s1. The summed E-state index contributed by atoms with van der Waals surface area (Å²) in [4.78, 5) is 68.6. The van der Waals surface area contributed by atoms with Crippen molar-refractivity contribution in [2.24, 2.45) is 0 Å². The van der Waals surface area contributed by atoms with Crippen molar-refractivity contribution in [3.63, 3.8) is 0 Å². The summed E-state index contributed by atoms with van der Waals surface area (Å²) in [5.41, 5.74) is -0.634. The van der Waals surface area contributed by atoms with E-state index in [1.54, 1.807) is 0 Å². The van der Waals surface area contributed by atoms with Crippen molar-refractivity contribution in [1.82, 2.24) is 19.5 Å². The van der Waals surface area contributed by atoms with Gasteiger partial charge < -0.3 is 24.3 Å². The monoisotopic (exact) mass is 451 g/mol. The quantitative estimate of drug-likeness (QED) is 0.423. The van der Waals surface area contributed by atoms with Crippen LogP contribution in [0.5, 0.6) is 0 Å². The van der Waals surface area contributed by atoms with Crippen LogP contribution in [0.3, 0.4) is 0 Å². The SMILES string of the molecule is CC(=O)Nc1[nH]c(=O)nc2c1ncn2[C@@H]1O[C@H](COC(C)=O)[C@@H](OC(C)=O)[C@H]1OC(C)=O. The maximum absolute atomic E-state index is 12.0. The minimum Gasteiger partial charge on any atom is -0.463 e. The molecule has 2 N–H and O–H groups in total. The van der Waals surface area contributed by atoms with Gasteiger partial charge in [-0.25, -0.2) is 9.78 Å². The lowest BCUT2D eigenvalue weighted by atomic mass is 10.1. The third-order valence-electron chi connectivity index (χ3n) is 4.36. The van der Waals surface area contributed by atoms with Crippen LogP contribution < -0.4 is 11.0 Å². The average Bonchev–Trinajstić information content (AvgIpc) is 3.21. The fraction of sp³-hybridized carbons (Fsp3) is 0.500. The Morgan fingerprint density at radius 1 is 1.09 bits per heavy atom. The van der Waals surface area contributed by atoms with Gasteiger partial charge in [0.25, 0.3) is 0 Å². The molecule has 0 bridgehead atoms. The van der Waals surface area contributed by atoms with Gasteiger partial charge in [0.2, 0.25) is 5.91 Å². The van der Waals surface area contributed by atoms with E-state index in [4.69, 9.17) is 18.9 Å². The zero-order valence-corrected chi connectivity index (χ0v) is 17.6. The Balaban J connectivity index is 2.08. The van der Waals surface area contributed by atoms with Crippen LogP contribution in [0.15, 0.2) is 11.1 Å². The number of carbonyl (C=O) groups excluding carboxylic acids is 4. The van der Waals surface area contributed by atoms with Gasteiger partial charge in [-0.15, -0.1) is 0 Å². The third kappa shape index (κ3) is 4.91. The van der Waals surface area contributed by atoms with Crippen LogP contribution in [-0.4, -0.2) is 68.3 Å². The molecule has 0 spiro atoms. The summed E-state index contributed by atoms with van der Waals surface area (Å²) in [6.07, 6.45) is -3.19. The van der Waals surface area contributed by atoms with E-state index in [0.29, 0.717) is 0 Å². The van der Waals surface area contributed by atoms with E-state index in [2.05, 4.69) is 20.3 Å². The minimum atomic E-state index is -1.18. The van der Waals surface area contributed by atoms with Crippen LogP contribution in [0.4, 0.5) is 5.82 Å². The number of aromatic amines is 1. The van der Waals surface area contributed by atoms with Crippen LogP contribution in [0.1, 0.15) is 33.9 Å². The van der Waals surface area contributed by atoms with Gasteiger partial charge in [-0.2, -0.15) is 4.98 Å². The number of hydrogen-bond acceptors (Lipinski definition) is 11. The van der Waals surface area contributed by atoms with E-state index < -0.39 is 54.0 Å². The molecule has 172 valence electrons. The molecule has 1 aliphatic heterocycles. The second-order valence-corrected chi connectivity index (χ2v) is 6.94. The lowest BCUT2D eigenvalue weighted by molar-refractivity contribution is -0.166. The van der Waals surface area contributed by atoms with Gasteiger partial charge in [-0.3, -0.25) is 28.7 Å². The van der Waals surface area contributed by atoms with Crippen LogP contribution in [-0.2, 0) is 38.1 Å². The number of carbonyl (C=O) groups is 4. The molecule has 1 saturated heterocycles. The van der Waals surface area contributed by atoms with Crippen LogP contribution in [0, 0.1) is 0 Å². The molecule has 0 aromatic carbocycles. The van der Waals surface area contributed by atoms with Gasteiger partial charge in [-0.1, -0.05) is 0 Å². The summed E-state index contributed by atoms with van der Waals surface area (Å²) in [7, 11) is 0. The first-order valence-electron chi connectivity index (χ1n) is 9.44. The number of hydrogen-bond donors (Lipinski definition) is 2. The largest absolute Gasteiger partial charge is 0.463 e. The molecular weight excluding hydrogens is 430 g/mol. The number of amides is 1. The smallest absolute Gasteiger partial charge is 0.348 e. The van der Waals surface area contributed by atoms with Gasteiger partial charge >= 0.3 is 23.6 Å². The second kappa shape index (κ2) is 9.13. The van der Waals surface area contributed by atoms with E-state index in [-0.39, 0.29) is 23.6 Å². The molecule has 14 nitrogen and oxygen atoms in total. The fourth-order valence-corrected chi connectivity index (χ4v) is 3.30. The summed E-state index contributed by atoms with van der Waals surface area (Å²) < 4.78 is 22.8. The summed E-state index contributed by atoms with van der Waals surface area (Å²) in [5.74, 6) is -2.40. The van der Waals surface area contributed by atoms with Crippen molar-refractivity contribution >= 4 is 40.8 Å². The Hall–Kier alpha value is -3.81. The van der Waals surface area contributed by atoms with Crippen LogP contribution >= 0.6 is 0 Å². The Kier molecular flexibility index (Phi) is 6.53. The predicted octanol–water partition coefficient (Wildman–Crippen LogP) is -0.598. The number of fused-ring (bicyclic) bond motifs is 1. The van der Waals surface area contributed by atoms with Gasteiger partial charge in [0.05, 0.1) is 6.33 Å². The minimum absolute atomic E-state index is 0.00867. The number of imidazole rings is 1. The topological polar surface area (TPSA) is 181 Å². The molecule has 2 aromatic rings. The Labute approximate surface area is 180 Å². The highest BCUT2D eigenvalue weighted by atomic mass is 16.7. The third-order valence-corrected chi connectivity index (χ3v) is 4.36. The molecule has 32 heavy (non-hydrogen) atoms. The molecule has 4 atom stereocenters. The number of anilines is 1. The van der Waals surface area contributed by atoms with Crippen LogP contribution in [0.2, 0.25) is 0 Å². The first-order valence-corrected chi connectivity index (χ1v) is 9.44. The molecule has 0 aliphatic carbocycles. The number of nitrogens with one attached hydrogen (secondary N) is 2. The van der Waals surface area contributed by atoms with E-state index >= 15 is 0 Å². The number of H-pyrrole nitrogens is 1. The van der Waals surface area contributed by atoms with Crippen LogP contribution in [0.25, 0.3) is 11.2 Å². The molecule has 1 fully saturated rings. The van der Waals surface area contributed by atoms with E-state index in [1.165, 1.54) is 24.7 Å². The number of ether oxygens (including phenoxy) is 4. The second-order valence-electron chi connectivity index (χ2n) is 6.94. The molecule has 3 heterocycles. The molecule has 1 aliphatic rings. The summed E-state index contributed by atoms with van der Waals surface area (Å²) >= 11 is 0. The van der Waals surface area contributed by atoms with Crippen molar-refractivity contribution < 1.29 is 38.1 Å². The highest BCUT2D eigenvalue weighted by Gasteiger charge is 2.51. The average molecular weight is 451 g/mol. The maximum atomic E-state index is 12.0. The Morgan fingerprint density at radius 3 is 2.34 bits per heavy atom. The fourth-order valence-electron chi connectivity index (χ4n) is 3.30. The van der Waals surface area contributed by atoms with Gasteiger partial charge in [0.1, 0.15) is 24.0 Å². The number of nitrogens with zero attached hydrogens (tertiary/aromatic N) is 3. The van der Waals surface area contributed by atoms with Crippen molar-refractivity contribution in [1.29, 1.82) is 0 Å². The molecule has 1 amide bonds. The van der Waals surface area contributed by atoms with E-state index in [1.807, 2.05) is 0 Å². The Bertz CT molecular complexity index is 1120. The van der Waals surface area contributed by atoms with Gasteiger partial charge in [0.15, 0.2) is 24.1 Å². The lowest BCUT2D eigenvalue weighted by Crippen LogP contribution is -2.40. The summed E-state index contributed by atoms with van der Waals surface area (Å²) in [5, 5.41) is 2.45. The number of aromatic nitrogens is 4. The summed E-state index contributed by atoms with van der Waals surface area (Å²) in [6, 6.07) is 0. The van der Waals surface area contributed by atoms with Crippen molar-refractivity contribution in [3.8, 4) is 0 Å². The van der Waals surface area contributed by atoms with Crippen molar-refractivity contribution in [3.05, 3.63) is 16.8 Å². The molecule has 0 unspecified atom stereocenters. The highest BCUT2D eigenvalue weighted by molar-refractivity contribution is 5.95. The van der Waals surface area contributed by atoms with Crippen molar-refractivity contribution in [2.75, 3.05) is 11.9 Å². The Morgan fingerprint density at radius 2 is 1.75 bits per heavy atom. The van der Waals surface area contributed by atoms with Gasteiger partial charge in [0, 0.05) is 27.7 Å². The first-order chi connectivity index (χ1) is 15.1. The highest BCUT2D eigenvalue weighted by Crippen LogP contribution is 2.36. The number of esters is 3. The first kappa shape index (κ1) is 22.9. The van der Waals surface area contributed by atoms with E-state index in [9.17, 15) is 24.0 Å². The maximum Gasteiger partial charge on any atom is 0.348 e. The zero-order chi connectivity index (χ0) is 23.6. The van der Waals surface area contributed by atoms with Gasteiger partial charge in [-0.05, 0) is 0 Å². The normalized spacial score (nSPS) is 22.4. The summed E-state index contributed by atoms with van der Waals surface area (Å²) in [6.45, 7) is 4.47. The number of rotatable bonds is 6. The molecule has 0 saturated carbocycles. The predicted molar refractivity (Wildman–Crippen MR) is 104 cm³/mol. The zero-order valence-electron chi connectivity index (χ0n) is 17.6. The molecule has 14 heteroatoms. The lowest BCUT2D eigenvalue weighted by Gasteiger charge is -2.23.